The zero-order chi connectivity index (χ0) is 12.4. The Kier molecular flexibility index (Phi) is 3.16. The summed E-state index contributed by atoms with van der Waals surface area (Å²) in [5.41, 5.74) is 0.508. The van der Waals surface area contributed by atoms with Crippen molar-refractivity contribution in [3.05, 3.63) is 35.1 Å². The second kappa shape index (κ2) is 4.60. The van der Waals surface area contributed by atoms with Crippen LogP contribution < -0.4 is 4.74 Å². The van der Waals surface area contributed by atoms with Crippen LogP contribution in [0.4, 0.5) is 0 Å². The monoisotopic (exact) mass is 246 g/mol. The fourth-order valence-corrected chi connectivity index (χ4v) is 1.82. The Bertz CT molecular complexity index is 602. The van der Waals surface area contributed by atoms with E-state index in [1.165, 1.54) is 0 Å². The molecule has 0 aliphatic rings. The van der Waals surface area contributed by atoms with E-state index in [9.17, 15) is 0 Å². The molecule has 3 nitrogen and oxygen atoms in total. The molecule has 0 bridgehead atoms. The third kappa shape index (κ3) is 2.32. The molecule has 17 heavy (non-hydrogen) atoms. The van der Waals surface area contributed by atoms with Crippen molar-refractivity contribution in [3.63, 3.8) is 0 Å². The molecule has 0 aliphatic heterocycles. The highest BCUT2D eigenvalue weighted by molar-refractivity contribution is 6.34. The van der Waals surface area contributed by atoms with Crippen LogP contribution in [0, 0.1) is 11.3 Å². The number of nitrogens with zero attached hydrogens (tertiary/aromatic N) is 2. The van der Waals surface area contributed by atoms with Gasteiger partial charge in [0.15, 0.2) is 0 Å². The van der Waals surface area contributed by atoms with E-state index in [0.717, 1.165) is 10.8 Å². The van der Waals surface area contributed by atoms with Crippen LogP contribution in [0.5, 0.6) is 5.75 Å². The van der Waals surface area contributed by atoms with Gasteiger partial charge in [-0.2, -0.15) is 5.26 Å². The Hall–Kier alpha value is -1.79. The summed E-state index contributed by atoms with van der Waals surface area (Å²) in [6.07, 6.45) is 1.63. The van der Waals surface area contributed by atoms with E-state index >= 15 is 0 Å². The highest BCUT2D eigenvalue weighted by Gasteiger charge is 2.09. The van der Waals surface area contributed by atoms with Crippen LogP contribution in [0.25, 0.3) is 10.8 Å². The van der Waals surface area contributed by atoms with Gasteiger partial charge in [-0.1, -0.05) is 11.6 Å². The number of benzene rings is 1. The first-order valence-electron chi connectivity index (χ1n) is 5.27. The van der Waals surface area contributed by atoms with Crippen LogP contribution in [0.15, 0.2) is 24.4 Å². The summed E-state index contributed by atoms with van der Waals surface area (Å²) >= 11 is 6.01. The molecule has 1 aromatic carbocycles. The Morgan fingerprint density at radius 1 is 1.41 bits per heavy atom. The van der Waals surface area contributed by atoms with E-state index in [2.05, 4.69) is 11.1 Å². The van der Waals surface area contributed by atoms with Gasteiger partial charge in [0.05, 0.1) is 11.7 Å². The van der Waals surface area contributed by atoms with Crippen LogP contribution in [0.3, 0.4) is 0 Å². The van der Waals surface area contributed by atoms with Gasteiger partial charge in [-0.15, -0.1) is 0 Å². The lowest BCUT2D eigenvalue weighted by molar-refractivity contribution is 0.242. The molecule has 0 N–H and O–H groups in total. The van der Waals surface area contributed by atoms with Gasteiger partial charge >= 0.3 is 0 Å². The minimum atomic E-state index is 0.00926. The van der Waals surface area contributed by atoms with E-state index in [-0.39, 0.29) is 6.10 Å². The summed E-state index contributed by atoms with van der Waals surface area (Å²) in [6.45, 7) is 3.83. The van der Waals surface area contributed by atoms with Gasteiger partial charge in [0.2, 0.25) is 0 Å². The molecule has 2 rings (SSSR count). The van der Waals surface area contributed by atoms with Crippen molar-refractivity contribution >= 4 is 22.4 Å². The lowest BCUT2D eigenvalue weighted by atomic mass is 10.1. The second-order valence-corrected chi connectivity index (χ2v) is 4.31. The smallest absolute Gasteiger partial charge is 0.138 e. The summed E-state index contributed by atoms with van der Waals surface area (Å²) in [5, 5.41) is 11.2. The Labute approximate surface area is 105 Å². The van der Waals surface area contributed by atoms with E-state index in [4.69, 9.17) is 21.6 Å². The summed E-state index contributed by atoms with van der Waals surface area (Å²) in [4.78, 5) is 4.01. The third-order valence-electron chi connectivity index (χ3n) is 2.30. The number of hydrogen-bond acceptors (Lipinski definition) is 3. The normalized spacial score (nSPS) is 10.5. The molecule has 0 radical (unpaired) electrons. The number of rotatable bonds is 2. The minimum absolute atomic E-state index is 0.00926. The van der Waals surface area contributed by atoms with Crippen LogP contribution in [0.2, 0.25) is 5.15 Å². The number of fused-ring (bicyclic) bond motifs is 1. The van der Waals surface area contributed by atoms with Crippen LogP contribution in [0.1, 0.15) is 19.4 Å². The average molecular weight is 247 g/mol. The predicted octanol–water partition coefficient (Wildman–Crippen LogP) is 3.55. The van der Waals surface area contributed by atoms with Gasteiger partial charge in [0.25, 0.3) is 0 Å². The van der Waals surface area contributed by atoms with E-state index in [0.29, 0.717) is 16.5 Å². The standard InChI is InChI=1S/C13H11ClN2O/c1-8(2)17-12-6-11-9(5-10(12)7-15)3-4-16-13(11)14/h3-6,8H,1-2H3. The summed E-state index contributed by atoms with van der Waals surface area (Å²) < 4.78 is 5.59. The Morgan fingerprint density at radius 3 is 2.82 bits per heavy atom. The molecule has 0 unspecified atom stereocenters. The molecule has 86 valence electrons. The van der Waals surface area contributed by atoms with Crippen molar-refractivity contribution in [3.8, 4) is 11.8 Å². The van der Waals surface area contributed by atoms with Crippen molar-refractivity contribution < 1.29 is 4.74 Å². The van der Waals surface area contributed by atoms with Gasteiger partial charge in [0, 0.05) is 11.6 Å². The van der Waals surface area contributed by atoms with Crippen LogP contribution in [-0.4, -0.2) is 11.1 Å². The van der Waals surface area contributed by atoms with Crippen molar-refractivity contribution in [2.24, 2.45) is 0 Å². The van der Waals surface area contributed by atoms with E-state index in [1.54, 1.807) is 18.3 Å². The second-order valence-electron chi connectivity index (χ2n) is 3.95. The van der Waals surface area contributed by atoms with Gasteiger partial charge in [0.1, 0.15) is 17.0 Å². The largest absolute Gasteiger partial charge is 0.490 e. The molecule has 0 saturated heterocycles. The number of nitriles is 1. The van der Waals surface area contributed by atoms with E-state index in [1.807, 2.05) is 19.9 Å². The quantitative estimate of drug-likeness (QED) is 0.762. The third-order valence-corrected chi connectivity index (χ3v) is 2.60. The summed E-state index contributed by atoms with van der Waals surface area (Å²) in [7, 11) is 0. The fourth-order valence-electron chi connectivity index (χ4n) is 1.60. The van der Waals surface area contributed by atoms with Crippen molar-refractivity contribution in [1.29, 1.82) is 5.26 Å². The molecule has 0 fully saturated rings. The van der Waals surface area contributed by atoms with Crippen LogP contribution >= 0.6 is 11.6 Å². The molecule has 2 aromatic rings. The number of halogens is 1. The maximum atomic E-state index is 9.08. The number of hydrogen-bond donors (Lipinski definition) is 0. The summed E-state index contributed by atoms with van der Waals surface area (Å²) in [6, 6.07) is 7.48. The van der Waals surface area contributed by atoms with Crippen molar-refractivity contribution in [2.45, 2.75) is 20.0 Å². The van der Waals surface area contributed by atoms with Gasteiger partial charge in [-0.05, 0) is 37.4 Å². The Balaban J connectivity index is 2.67. The SMILES string of the molecule is CC(C)Oc1cc2c(Cl)nccc2cc1C#N. The molecule has 1 aromatic heterocycles. The Morgan fingerprint density at radius 2 is 2.18 bits per heavy atom. The molecule has 1 heterocycles. The van der Waals surface area contributed by atoms with Crippen LogP contribution in [-0.2, 0) is 0 Å². The topological polar surface area (TPSA) is 45.9 Å². The molecular weight excluding hydrogens is 236 g/mol. The van der Waals surface area contributed by atoms with Gasteiger partial charge in [-0.3, -0.25) is 0 Å². The van der Waals surface area contributed by atoms with Gasteiger partial charge < -0.3 is 4.74 Å². The molecule has 0 amide bonds. The summed E-state index contributed by atoms with van der Waals surface area (Å²) in [5.74, 6) is 0.546. The lowest BCUT2D eigenvalue weighted by Crippen LogP contribution is -2.06. The molecular formula is C13H11ClN2O. The first-order chi connectivity index (χ1) is 8.11. The maximum Gasteiger partial charge on any atom is 0.138 e. The predicted molar refractivity (Wildman–Crippen MR) is 67.2 cm³/mol. The highest BCUT2D eigenvalue weighted by Crippen LogP contribution is 2.29. The number of pyridine rings is 1. The van der Waals surface area contributed by atoms with Gasteiger partial charge in [-0.25, -0.2) is 4.98 Å². The molecule has 0 spiro atoms. The molecule has 0 aliphatic carbocycles. The molecule has 0 atom stereocenters. The number of ether oxygens (including phenoxy) is 1. The van der Waals surface area contributed by atoms with Crippen molar-refractivity contribution in [1.82, 2.24) is 4.98 Å². The zero-order valence-corrected chi connectivity index (χ0v) is 10.3. The first kappa shape index (κ1) is 11.7. The maximum absolute atomic E-state index is 9.08. The molecule has 0 saturated carbocycles. The fraction of sp³-hybridized carbons (Fsp3) is 0.231. The minimum Gasteiger partial charge on any atom is -0.490 e. The van der Waals surface area contributed by atoms with Crippen molar-refractivity contribution in [2.75, 3.05) is 0 Å². The average Bonchev–Trinajstić information content (AvgIpc) is 2.29. The first-order valence-corrected chi connectivity index (χ1v) is 5.64. The zero-order valence-electron chi connectivity index (χ0n) is 9.57. The highest BCUT2D eigenvalue weighted by atomic mass is 35.5. The lowest BCUT2D eigenvalue weighted by Gasteiger charge is -2.12. The molecule has 4 heteroatoms. The number of aromatic nitrogens is 1. The van der Waals surface area contributed by atoms with E-state index < -0.39 is 0 Å².